The molecule has 1 saturated heterocycles. The molecule has 1 aliphatic heterocycles. The van der Waals surface area contributed by atoms with Crippen LogP contribution in [0, 0.1) is 5.92 Å². The van der Waals surface area contributed by atoms with Crippen LogP contribution in [0.15, 0.2) is 36.4 Å². The number of benzene rings is 2. The van der Waals surface area contributed by atoms with Crippen LogP contribution in [0.25, 0.3) is 10.8 Å². The monoisotopic (exact) mass is 424 g/mol. The number of imide groups is 1. The fourth-order valence-electron chi connectivity index (χ4n) is 4.27. The molecule has 0 bridgehead atoms. The van der Waals surface area contributed by atoms with Crippen molar-refractivity contribution in [2.75, 3.05) is 13.7 Å². The van der Waals surface area contributed by atoms with Gasteiger partial charge in [-0.25, -0.2) is 14.4 Å². The molecule has 2 aromatic rings. The fourth-order valence-corrected chi connectivity index (χ4v) is 4.27. The Kier molecular flexibility index (Phi) is 5.39. The van der Waals surface area contributed by atoms with Crippen LogP contribution in [0.5, 0.6) is 5.75 Å². The van der Waals surface area contributed by atoms with E-state index in [9.17, 15) is 19.2 Å². The minimum absolute atomic E-state index is 0.0174. The number of rotatable bonds is 4. The van der Waals surface area contributed by atoms with Gasteiger partial charge in [0.2, 0.25) is 0 Å². The first-order valence-electron chi connectivity index (χ1n) is 10.3. The summed E-state index contributed by atoms with van der Waals surface area (Å²) in [5.41, 5.74) is -0.839. The molecule has 162 valence electrons. The standard InChI is InChI=1S/C23H24N2O6/c1-14-7-9-23(10-8-14)21(28)25(22(29)24-23)13-19(26)31-18-12-16-6-4-3-5-15(16)11-17(18)20(27)30-2/h3-6,11-12,14H,7-10,13H2,1-2H3,(H,24,29). The minimum Gasteiger partial charge on any atom is -0.465 e. The van der Waals surface area contributed by atoms with E-state index in [1.807, 2.05) is 24.3 Å². The van der Waals surface area contributed by atoms with Crippen molar-refractivity contribution < 1.29 is 28.7 Å². The molecular weight excluding hydrogens is 400 g/mol. The van der Waals surface area contributed by atoms with Gasteiger partial charge in [0.05, 0.1) is 7.11 Å². The normalized spacial score (nSPS) is 23.2. The number of carbonyl (C=O) groups excluding carboxylic acids is 4. The lowest BCUT2D eigenvalue weighted by Crippen LogP contribution is -2.49. The number of fused-ring (bicyclic) bond motifs is 1. The Morgan fingerprint density at radius 3 is 2.42 bits per heavy atom. The topological polar surface area (TPSA) is 102 Å². The van der Waals surface area contributed by atoms with E-state index < -0.39 is 36.0 Å². The lowest BCUT2D eigenvalue weighted by atomic mass is 9.77. The Balaban J connectivity index is 1.54. The van der Waals surface area contributed by atoms with Gasteiger partial charge in [-0.2, -0.15) is 0 Å². The van der Waals surface area contributed by atoms with Gasteiger partial charge in [0.1, 0.15) is 23.4 Å². The molecule has 2 fully saturated rings. The second-order valence-corrected chi connectivity index (χ2v) is 8.25. The highest BCUT2D eigenvalue weighted by Crippen LogP contribution is 2.36. The van der Waals surface area contributed by atoms with E-state index in [1.165, 1.54) is 7.11 Å². The molecule has 31 heavy (non-hydrogen) atoms. The summed E-state index contributed by atoms with van der Waals surface area (Å²) in [6.45, 7) is 1.58. The molecule has 2 aromatic carbocycles. The predicted octanol–water partition coefficient (Wildman–Crippen LogP) is 3.03. The van der Waals surface area contributed by atoms with Crippen molar-refractivity contribution in [3.05, 3.63) is 42.0 Å². The average molecular weight is 424 g/mol. The number of nitrogens with zero attached hydrogens (tertiary/aromatic N) is 1. The highest BCUT2D eigenvalue weighted by atomic mass is 16.5. The molecule has 1 heterocycles. The quantitative estimate of drug-likeness (QED) is 0.460. The van der Waals surface area contributed by atoms with Crippen LogP contribution in [-0.4, -0.2) is 48.0 Å². The molecule has 1 aliphatic carbocycles. The van der Waals surface area contributed by atoms with Gasteiger partial charge in [-0.05, 0) is 54.5 Å². The smallest absolute Gasteiger partial charge is 0.341 e. The van der Waals surface area contributed by atoms with Gasteiger partial charge in [-0.3, -0.25) is 9.69 Å². The van der Waals surface area contributed by atoms with E-state index in [1.54, 1.807) is 12.1 Å². The SMILES string of the molecule is COC(=O)c1cc2ccccc2cc1OC(=O)CN1C(=O)NC2(CCC(C)CC2)C1=O. The molecule has 8 heteroatoms. The Bertz CT molecular complexity index is 1070. The summed E-state index contributed by atoms with van der Waals surface area (Å²) in [6, 6.07) is 9.84. The van der Waals surface area contributed by atoms with Gasteiger partial charge < -0.3 is 14.8 Å². The Morgan fingerprint density at radius 2 is 1.77 bits per heavy atom. The number of hydrogen-bond acceptors (Lipinski definition) is 6. The summed E-state index contributed by atoms with van der Waals surface area (Å²) in [4.78, 5) is 51.1. The lowest BCUT2D eigenvalue weighted by molar-refractivity contribution is -0.141. The van der Waals surface area contributed by atoms with Crippen molar-refractivity contribution in [2.45, 2.75) is 38.1 Å². The van der Waals surface area contributed by atoms with Crippen LogP contribution < -0.4 is 10.1 Å². The van der Waals surface area contributed by atoms with E-state index in [4.69, 9.17) is 9.47 Å². The second-order valence-electron chi connectivity index (χ2n) is 8.25. The van der Waals surface area contributed by atoms with Gasteiger partial charge in [0, 0.05) is 0 Å². The number of urea groups is 1. The molecule has 0 atom stereocenters. The largest absolute Gasteiger partial charge is 0.465 e. The number of carbonyl (C=O) groups is 4. The van der Waals surface area contributed by atoms with Gasteiger partial charge in [0.15, 0.2) is 0 Å². The Morgan fingerprint density at radius 1 is 1.13 bits per heavy atom. The average Bonchev–Trinajstić information content (AvgIpc) is 2.99. The summed E-state index contributed by atoms with van der Waals surface area (Å²) in [6.07, 6.45) is 2.79. The summed E-state index contributed by atoms with van der Waals surface area (Å²) in [5, 5.41) is 4.33. The van der Waals surface area contributed by atoms with E-state index in [2.05, 4.69) is 12.2 Å². The summed E-state index contributed by atoms with van der Waals surface area (Å²) < 4.78 is 10.2. The first-order valence-corrected chi connectivity index (χ1v) is 10.3. The predicted molar refractivity (Wildman–Crippen MR) is 112 cm³/mol. The van der Waals surface area contributed by atoms with Gasteiger partial charge in [-0.15, -0.1) is 0 Å². The number of amides is 3. The molecule has 4 rings (SSSR count). The zero-order valence-electron chi connectivity index (χ0n) is 17.5. The fraction of sp³-hybridized carbons (Fsp3) is 0.391. The van der Waals surface area contributed by atoms with Crippen LogP contribution in [0.2, 0.25) is 0 Å². The first kappa shape index (κ1) is 20.8. The Hall–Kier alpha value is -3.42. The van der Waals surface area contributed by atoms with Crippen molar-refractivity contribution in [1.82, 2.24) is 10.2 Å². The molecule has 8 nitrogen and oxygen atoms in total. The third kappa shape index (κ3) is 3.85. The van der Waals surface area contributed by atoms with Gasteiger partial charge in [-0.1, -0.05) is 31.2 Å². The molecule has 1 spiro atoms. The number of hydrogen-bond donors (Lipinski definition) is 1. The number of nitrogens with one attached hydrogen (secondary N) is 1. The zero-order valence-corrected chi connectivity index (χ0v) is 17.5. The summed E-state index contributed by atoms with van der Waals surface area (Å²) in [5.74, 6) is -1.35. The molecule has 3 amide bonds. The highest BCUT2D eigenvalue weighted by molar-refractivity contribution is 6.09. The lowest BCUT2D eigenvalue weighted by Gasteiger charge is -2.33. The van der Waals surface area contributed by atoms with Crippen molar-refractivity contribution in [3.8, 4) is 5.75 Å². The maximum atomic E-state index is 12.9. The van der Waals surface area contributed by atoms with Crippen LogP contribution in [-0.2, 0) is 14.3 Å². The zero-order chi connectivity index (χ0) is 22.2. The van der Waals surface area contributed by atoms with Gasteiger partial charge in [0.25, 0.3) is 5.91 Å². The molecule has 0 radical (unpaired) electrons. The van der Waals surface area contributed by atoms with Crippen molar-refractivity contribution in [1.29, 1.82) is 0 Å². The van der Waals surface area contributed by atoms with Crippen LogP contribution in [0.1, 0.15) is 43.0 Å². The van der Waals surface area contributed by atoms with E-state index in [0.717, 1.165) is 28.5 Å². The number of esters is 2. The number of methoxy groups -OCH3 is 1. The molecule has 1 saturated carbocycles. The molecule has 2 aliphatic rings. The molecule has 0 unspecified atom stereocenters. The summed E-state index contributed by atoms with van der Waals surface area (Å²) in [7, 11) is 1.24. The number of ether oxygens (including phenoxy) is 2. The van der Waals surface area contributed by atoms with E-state index in [0.29, 0.717) is 18.8 Å². The van der Waals surface area contributed by atoms with Crippen LogP contribution in [0.3, 0.4) is 0 Å². The third-order valence-corrected chi connectivity index (χ3v) is 6.14. The van der Waals surface area contributed by atoms with Crippen molar-refractivity contribution in [2.24, 2.45) is 5.92 Å². The molecule has 0 aromatic heterocycles. The second kappa shape index (κ2) is 8.02. The molecular formula is C23H24N2O6. The van der Waals surface area contributed by atoms with Crippen molar-refractivity contribution in [3.63, 3.8) is 0 Å². The molecule has 1 N–H and O–H groups in total. The van der Waals surface area contributed by atoms with Gasteiger partial charge >= 0.3 is 18.0 Å². The summed E-state index contributed by atoms with van der Waals surface area (Å²) >= 11 is 0. The Labute approximate surface area is 179 Å². The van der Waals surface area contributed by atoms with Crippen LogP contribution in [0.4, 0.5) is 4.79 Å². The van der Waals surface area contributed by atoms with Crippen molar-refractivity contribution >= 4 is 34.6 Å². The first-order chi connectivity index (χ1) is 14.8. The highest BCUT2D eigenvalue weighted by Gasteiger charge is 2.52. The van der Waals surface area contributed by atoms with E-state index >= 15 is 0 Å². The minimum atomic E-state index is -0.927. The maximum Gasteiger partial charge on any atom is 0.341 e. The van der Waals surface area contributed by atoms with Crippen LogP contribution >= 0.6 is 0 Å². The van der Waals surface area contributed by atoms with E-state index in [-0.39, 0.29) is 11.3 Å². The maximum absolute atomic E-state index is 12.9. The third-order valence-electron chi connectivity index (χ3n) is 6.14.